The second-order valence-corrected chi connectivity index (χ2v) is 6.61. The molecule has 1 unspecified atom stereocenters. The van der Waals surface area contributed by atoms with Gasteiger partial charge in [-0.2, -0.15) is 0 Å². The summed E-state index contributed by atoms with van der Waals surface area (Å²) in [6.45, 7) is 0.385. The highest BCUT2D eigenvalue weighted by Crippen LogP contribution is 2.25. The predicted octanol–water partition coefficient (Wildman–Crippen LogP) is 1.83. The van der Waals surface area contributed by atoms with Crippen LogP contribution in [0.1, 0.15) is 50.3 Å². The summed E-state index contributed by atoms with van der Waals surface area (Å²) in [5.41, 5.74) is 0.738. The van der Waals surface area contributed by atoms with Crippen molar-refractivity contribution in [2.24, 2.45) is 0 Å². The number of pyridine rings is 1. The number of piperidine rings is 1. The second-order valence-electron chi connectivity index (χ2n) is 6.61. The van der Waals surface area contributed by atoms with E-state index < -0.39 is 23.8 Å². The van der Waals surface area contributed by atoms with E-state index in [-0.39, 0.29) is 17.0 Å². The highest BCUT2D eigenvalue weighted by molar-refractivity contribution is 6.21. The molecule has 3 heterocycles. The third-order valence-corrected chi connectivity index (χ3v) is 4.88. The van der Waals surface area contributed by atoms with Crippen molar-refractivity contribution in [3.63, 3.8) is 0 Å². The molecule has 1 atom stereocenters. The summed E-state index contributed by atoms with van der Waals surface area (Å²) in [7, 11) is 0. The molecular weight excluding hydrogens is 362 g/mol. The van der Waals surface area contributed by atoms with Gasteiger partial charge in [0.15, 0.2) is 0 Å². The van der Waals surface area contributed by atoms with E-state index in [9.17, 15) is 19.2 Å². The Kier molecular flexibility index (Phi) is 4.60. The summed E-state index contributed by atoms with van der Waals surface area (Å²) in [6.07, 6.45) is 4.87. The maximum Gasteiger partial charge on any atom is 0.355 e. The van der Waals surface area contributed by atoms with Crippen LogP contribution in [-0.4, -0.2) is 51.2 Å². The highest BCUT2D eigenvalue weighted by Gasteiger charge is 2.42. The Morgan fingerprint density at radius 3 is 2.36 bits per heavy atom. The fourth-order valence-electron chi connectivity index (χ4n) is 3.48. The summed E-state index contributed by atoms with van der Waals surface area (Å²) in [5.74, 6) is -2.51. The normalized spacial score (nSPS) is 18.8. The van der Waals surface area contributed by atoms with Crippen molar-refractivity contribution >= 4 is 23.7 Å². The van der Waals surface area contributed by atoms with Crippen LogP contribution in [0.15, 0.2) is 48.8 Å². The Balaban J connectivity index is 1.53. The quantitative estimate of drug-likeness (QED) is 0.755. The average molecular weight is 379 g/mol. The lowest BCUT2D eigenvalue weighted by atomic mass is 10.0. The number of fused-ring (bicyclic) bond motifs is 1. The molecule has 0 saturated carbocycles. The number of aromatic nitrogens is 1. The first-order chi connectivity index (χ1) is 13.6. The topological polar surface area (TPSA) is 96.9 Å². The molecule has 1 aromatic heterocycles. The van der Waals surface area contributed by atoms with Crippen molar-refractivity contribution < 1.29 is 24.0 Å². The number of likely N-dealkylation sites (tertiary alicyclic amines) is 1. The summed E-state index contributed by atoms with van der Waals surface area (Å²) >= 11 is 0. The number of rotatable bonds is 3. The van der Waals surface area contributed by atoms with Crippen molar-refractivity contribution in [2.75, 3.05) is 6.54 Å². The molecule has 142 valence electrons. The van der Waals surface area contributed by atoms with Crippen LogP contribution in [0.5, 0.6) is 0 Å². The van der Waals surface area contributed by atoms with Crippen LogP contribution in [0.25, 0.3) is 0 Å². The van der Waals surface area contributed by atoms with Gasteiger partial charge in [-0.05, 0) is 43.5 Å². The van der Waals surface area contributed by atoms with E-state index in [1.807, 2.05) is 0 Å². The van der Waals surface area contributed by atoms with E-state index >= 15 is 0 Å². The number of nitrogens with zero attached hydrogens (tertiary/aromatic N) is 3. The van der Waals surface area contributed by atoms with Gasteiger partial charge in [-0.1, -0.05) is 17.2 Å². The lowest BCUT2D eigenvalue weighted by Gasteiger charge is -2.34. The second kappa shape index (κ2) is 7.22. The van der Waals surface area contributed by atoms with Gasteiger partial charge in [0.2, 0.25) is 0 Å². The maximum atomic E-state index is 12.8. The molecule has 2 aliphatic rings. The molecule has 28 heavy (non-hydrogen) atoms. The van der Waals surface area contributed by atoms with Crippen LogP contribution >= 0.6 is 0 Å². The molecule has 2 aromatic rings. The molecule has 8 heteroatoms. The van der Waals surface area contributed by atoms with Crippen molar-refractivity contribution in [2.45, 2.75) is 25.3 Å². The van der Waals surface area contributed by atoms with Crippen molar-refractivity contribution in [3.05, 3.63) is 65.5 Å². The number of imide groups is 1. The monoisotopic (exact) mass is 379 g/mol. The van der Waals surface area contributed by atoms with Crippen molar-refractivity contribution in [3.8, 4) is 0 Å². The minimum atomic E-state index is -0.870. The van der Waals surface area contributed by atoms with Gasteiger partial charge in [-0.3, -0.25) is 19.4 Å². The number of carbonyl (C=O) groups is 4. The largest absolute Gasteiger partial charge is 0.355 e. The number of carbonyl (C=O) groups excluding carboxylic acids is 4. The zero-order valence-electron chi connectivity index (χ0n) is 14.9. The smallest absolute Gasteiger partial charge is 0.327 e. The summed E-state index contributed by atoms with van der Waals surface area (Å²) in [5, 5.41) is 0.480. The van der Waals surface area contributed by atoms with Gasteiger partial charge in [0.25, 0.3) is 17.7 Å². The summed E-state index contributed by atoms with van der Waals surface area (Å²) in [6, 6.07) is 8.66. The van der Waals surface area contributed by atoms with Crippen LogP contribution < -0.4 is 0 Å². The molecule has 3 amide bonds. The van der Waals surface area contributed by atoms with Gasteiger partial charge in [-0.15, -0.1) is 0 Å². The lowest BCUT2D eigenvalue weighted by molar-refractivity contribution is -0.175. The summed E-state index contributed by atoms with van der Waals surface area (Å²) < 4.78 is 0. The van der Waals surface area contributed by atoms with Gasteiger partial charge in [0, 0.05) is 18.9 Å². The van der Waals surface area contributed by atoms with Crippen LogP contribution in [0.2, 0.25) is 0 Å². The molecule has 0 bridgehead atoms. The zero-order chi connectivity index (χ0) is 19.7. The van der Waals surface area contributed by atoms with Crippen molar-refractivity contribution in [1.29, 1.82) is 0 Å². The third-order valence-electron chi connectivity index (χ3n) is 4.88. The third kappa shape index (κ3) is 3.02. The highest BCUT2D eigenvalue weighted by atomic mass is 16.7. The van der Waals surface area contributed by atoms with E-state index in [2.05, 4.69) is 4.98 Å². The average Bonchev–Trinajstić information content (AvgIpc) is 2.99. The molecule has 0 aliphatic carbocycles. The Labute approximate surface area is 160 Å². The van der Waals surface area contributed by atoms with Gasteiger partial charge in [0.1, 0.15) is 6.04 Å². The maximum absolute atomic E-state index is 12.8. The Morgan fingerprint density at radius 1 is 1.00 bits per heavy atom. The Bertz CT molecular complexity index is 924. The number of hydrogen-bond donors (Lipinski definition) is 0. The Hall–Kier alpha value is -3.55. The minimum Gasteiger partial charge on any atom is -0.327 e. The van der Waals surface area contributed by atoms with Crippen molar-refractivity contribution in [1.82, 2.24) is 14.9 Å². The molecule has 1 fully saturated rings. The fraction of sp³-hybridized carbons (Fsp3) is 0.250. The van der Waals surface area contributed by atoms with E-state index in [1.54, 1.807) is 30.5 Å². The van der Waals surface area contributed by atoms with Crippen LogP contribution in [0, 0.1) is 0 Å². The van der Waals surface area contributed by atoms with Crippen LogP contribution in [0.3, 0.4) is 0 Å². The zero-order valence-corrected chi connectivity index (χ0v) is 14.9. The van der Waals surface area contributed by atoms with Crippen LogP contribution in [0.4, 0.5) is 0 Å². The van der Waals surface area contributed by atoms with Gasteiger partial charge >= 0.3 is 5.97 Å². The molecule has 0 spiro atoms. The summed E-state index contributed by atoms with van der Waals surface area (Å²) in [4.78, 5) is 60.9. The van der Waals surface area contributed by atoms with Gasteiger partial charge in [-0.25, -0.2) is 4.79 Å². The minimum absolute atomic E-state index is 0.187. The molecule has 0 N–H and O–H groups in total. The SMILES string of the molecule is O=C(ON1C(=O)c2ccccc2C1=O)C1CCCCN1C(=O)c1cccnc1. The number of hydroxylamine groups is 2. The molecule has 1 saturated heterocycles. The molecule has 8 nitrogen and oxygen atoms in total. The lowest BCUT2D eigenvalue weighted by Crippen LogP contribution is -2.50. The van der Waals surface area contributed by atoms with Gasteiger partial charge < -0.3 is 9.74 Å². The molecule has 4 rings (SSSR count). The predicted molar refractivity (Wildman–Crippen MR) is 95.9 cm³/mol. The molecule has 2 aliphatic heterocycles. The molecular formula is C20H17N3O5. The van der Waals surface area contributed by atoms with E-state index in [4.69, 9.17) is 4.84 Å². The number of amides is 3. The fourth-order valence-corrected chi connectivity index (χ4v) is 3.48. The first-order valence-corrected chi connectivity index (χ1v) is 8.98. The number of benzene rings is 1. The Morgan fingerprint density at radius 2 is 1.71 bits per heavy atom. The molecule has 1 aromatic carbocycles. The first-order valence-electron chi connectivity index (χ1n) is 8.98. The van der Waals surface area contributed by atoms with Crippen LogP contribution in [-0.2, 0) is 9.63 Å². The molecule has 0 radical (unpaired) electrons. The van der Waals surface area contributed by atoms with Gasteiger partial charge in [0.05, 0.1) is 16.7 Å². The number of hydrogen-bond acceptors (Lipinski definition) is 6. The standard InChI is InChI=1S/C20H17N3O5/c24-17(13-6-5-10-21-12-13)22-11-4-3-9-16(22)20(27)28-23-18(25)14-7-1-2-8-15(14)19(23)26/h1-2,5-8,10,12,16H,3-4,9,11H2. The first kappa shape index (κ1) is 17.8. The van der Waals surface area contributed by atoms with E-state index in [0.717, 1.165) is 12.8 Å². The van der Waals surface area contributed by atoms with E-state index in [0.29, 0.717) is 23.6 Å². The van der Waals surface area contributed by atoms with E-state index in [1.165, 1.54) is 23.2 Å².